The molecule has 0 radical (unpaired) electrons. The summed E-state index contributed by atoms with van der Waals surface area (Å²) >= 11 is 1.45. The van der Waals surface area contributed by atoms with Crippen LogP contribution in [0.1, 0.15) is 16.1 Å². The number of rotatable bonds is 4. The molecule has 0 fully saturated rings. The monoisotopic (exact) mass is 360 g/mol. The Hall–Kier alpha value is -3.25. The Morgan fingerprint density at radius 1 is 1.04 bits per heavy atom. The van der Waals surface area contributed by atoms with Crippen molar-refractivity contribution in [2.75, 3.05) is 4.90 Å². The summed E-state index contributed by atoms with van der Waals surface area (Å²) in [6, 6.07) is 19.2. The molecule has 0 spiro atoms. The SMILES string of the molecule is Cc1csc(N(C(=O)c2cnn(-c3ccccc3)c2)c2ccccc2)n1. The van der Waals surface area contributed by atoms with Crippen molar-refractivity contribution in [2.24, 2.45) is 0 Å². The maximum absolute atomic E-state index is 13.2. The van der Waals surface area contributed by atoms with Crippen molar-refractivity contribution in [3.8, 4) is 5.69 Å². The fourth-order valence-electron chi connectivity index (χ4n) is 2.62. The third-order valence-electron chi connectivity index (χ3n) is 3.87. The molecule has 0 saturated heterocycles. The Morgan fingerprint density at radius 3 is 2.38 bits per heavy atom. The smallest absolute Gasteiger partial charge is 0.267 e. The molecule has 2 aromatic carbocycles. The summed E-state index contributed by atoms with van der Waals surface area (Å²) in [5, 5.41) is 6.92. The highest BCUT2D eigenvalue weighted by molar-refractivity contribution is 7.14. The van der Waals surface area contributed by atoms with Gasteiger partial charge in [0.15, 0.2) is 5.13 Å². The van der Waals surface area contributed by atoms with Gasteiger partial charge in [0.25, 0.3) is 5.91 Å². The van der Waals surface area contributed by atoms with Crippen molar-refractivity contribution in [1.82, 2.24) is 14.8 Å². The first kappa shape index (κ1) is 16.2. The molecule has 1 amide bonds. The lowest BCUT2D eigenvalue weighted by atomic mass is 10.2. The topological polar surface area (TPSA) is 51.0 Å². The van der Waals surface area contributed by atoms with Gasteiger partial charge in [0.1, 0.15) is 0 Å². The van der Waals surface area contributed by atoms with Gasteiger partial charge in [0.05, 0.1) is 28.8 Å². The molecule has 2 aromatic heterocycles. The molecular weight excluding hydrogens is 344 g/mol. The second kappa shape index (κ2) is 6.93. The van der Waals surface area contributed by atoms with E-state index in [0.717, 1.165) is 17.1 Å². The van der Waals surface area contributed by atoms with Crippen molar-refractivity contribution in [3.63, 3.8) is 0 Å². The van der Waals surface area contributed by atoms with Crippen LogP contribution in [-0.2, 0) is 0 Å². The molecule has 0 aliphatic carbocycles. The number of aromatic nitrogens is 3. The number of nitrogens with zero attached hydrogens (tertiary/aromatic N) is 4. The molecule has 0 unspecified atom stereocenters. The molecule has 0 bridgehead atoms. The Labute approximate surface area is 155 Å². The number of para-hydroxylation sites is 2. The summed E-state index contributed by atoms with van der Waals surface area (Å²) in [6.45, 7) is 1.92. The lowest BCUT2D eigenvalue weighted by Gasteiger charge is -2.19. The molecule has 0 aliphatic rings. The molecule has 6 heteroatoms. The molecule has 4 rings (SSSR count). The first-order chi connectivity index (χ1) is 12.7. The van der Waals surface area contributed by atoms with E-state index in [-0.39, 0.29) is 5.91 Å². The van der Waals surface area contributed by atoms with E-state index in [0.29, 0.717) is 10.7 Å². The van der Waals surface area contributed by atoms with E-state index in [4.69, 9.17) is 0 Å². The maximum atomic E-state index is 13.2. The minimum absolute atomic E-state index is 0.160. The van der Waals surface area contributed by atoms with E-state index in [1.807, 2.05) is 73.0 Å². The lowest BCUT2D eigenvalue weighted by Crippen LogP contribution is -2.25. The van der Waals surface area contributed by atoms with Gasteiger partial charge in [-0.05, 0) is 31.2 Å². The van der Waals surface area contributed by atoms with Crippen LogP contribution >= 0.6 is 11.3 Å². The molecule has 0 aliphatic heterocycles. The summed E-state index contributed by atoms with van der Waals surface area (Å²) in [4.78, 5) is 19.4. The number of carbonyl (C=O) groups excluding carboxylic acids is 1. The van der Waals surface area contributed by atoms with Crippen molar-refractivity contribution in [3.05, 3.63) is 89.7 Å². The predicted molar refractivity (Wildman–Crippen MR) is 103 cm³/mol. The van der Waals surface area contributed by atoms with Crippen LogP contribution in [0.3, 0.4) is 0 Å². The van der Waals surface area contributed by atoms with E-state index in [2.05, 4.69) is 10.1 Å². The van der Waals surface area contributed by atoms with Crippen LogP contribution in [-0.4, -0.2) is 20.7 Å². The van der Waals surface area contributed by atoms with E-state index >= 15 is 0 Å². The Bertz CT molecular complexity index is 1020. The van der Waals surface area contributed by atoms with Crippen molar-refractivity contribution in [1.29, 1.82) is 0 Å². The van der Waals surface area contributed by atoms with Gasteiger partial charge in [0, 0.05) is 11.6 Å². The fraction of sp³-hybridized carbons (Fsp3) is 0.0500. The van der Waals surface area contributed by atoms with Crippen LogP contribution in [0, 0.1) is 6.92 Å². The van der Waals surface area contributed by atoms with Gasteiger partial charge in [-0.2, -0.15) is 5.10 Å². The van der Waals surface area contributed by atoms with E-state index in [1.165, 1.54) is 11.3 Å². The first-order valence-electron chi connectivity index (χ1n) is 8.14. The highest BCUT2D eigenvalue weighted by atomic mass is 32.1. The average molecular weight is 360 g/mol. The Morgan fingerprint density at radius 2 is 1.73 bits per heavy atom. The minimum Gasteiger partial charge on any atom is -0.268 e. The maximum Gasteiger partial charge on any atom is 0.267 e. The molecule has 0 saturated carbocycles. The van der Waals surface area contributed by atoms with Crippen LogP contribution in [0.25, 0.3) is 5.69 Å². The third kappa shape index (κ3) is 3.14. The van der Waals surface area contributed by atoms with Gasteiger partial charge in [-0.15, -0.1) is 11.3 Å². The molecule has 5 nitrogen and oxygen atoms in total. The van der Waals surface area contributed by atoms with Gasteiger partial charge in [-0.1, -0.05) is 36.4 Å². The molecule has 128 valence electrons. The highest BCUT2D eigenvalue weighted by Gasteiger charge is 2.23. The Balaban J connectivity index is 1.73. The molecule has 2 heterocycles. The first-order valence-corrected chi connectivity index (χ1v) is 9.02. The second-order valence-corrected chi connectivity index (χ2v) is 6.59. The number of thiazole rings is 1. The molecule has 0 N–H and O–H groups in total. The number of anilines is 2. The second-order valence-electron chi connectivity index (χ2n) is 5.76. The summed E-state index contributed by atoms with van der Waals surface area (Å²) in [5.74, 6) is -0.160. The van der Waals surface area contributed by atoms with Gasteiger partial charge in [0.2, 0.25) is 0 Å². The van der Waals surface area contributed by atoms with Crippen LogP contribution in [0.2, 0.25) is 0 Å². The van der Waals surface area contributed by atoms with Crippen LogP contribution in [0.15, 0.2) is 78.4 Å². The predicted octanol–water partition coefficient (Wildman–Crippen LogP) is 4.62. The van der Waals surface area contributed by atoms with Crippen LogP contribution in [0.4, 0.5) is 10.8 Å². The third-order valence-corrected chi connectivity index (χ3v) is 4.81. The van der Waals surface area contributed by atoms with Crippen molar-refractivity contribution in [2.45, 2.75) is 6.92 Å². The molecule has 26 heavy (non-hydrogen) atoms. The standard InChI is InChI=1S/C20H16N4OS/c1-15-14-26-20(22-15)24(18-10-6-3-7-11-18)19(25)16-12-21-23(13-16)17-8-4-2-5-9-17/h2-14H,1H3. The molecule has 0 atom stereocenters. The number of aryl methyl sites for hydroxylation is 1. The number of hydrogen-bond donors (Lipinski definition) is 0. The number of hydrogen-bond acceptors (Lipinski definition) is 4. The normalized spacial score (nSPS) is 10.7. The van der Waals surface area contributed by atoms with Crippen molar-refractivity contribution < 1.29 is 4.79 Å². The van der Waals surface area contributed by atoms with Gasteiger partial charge < -0.3 is 0 Å². The number of amides is 1. The largest absolute Gasteiger partial charge is 0.268 e. The molecular formula is C20H16N4OS. The summed E-state index contributed by atoms with van der Waals surface area (Å²) in [7, 11) is 0. The average Bonchev–Trinajstić information content (AvgIpc) is 3.33. The van der Waals surface area contributed by atoms with Gasteiger partial charge in [-0.3, -0.25) is 9.69 Å². The van der Waals surface area contributed by atoms with Gasteiger partial charge >= 0.3 is 0 Å². The lowest BCUT2D eigenvalue weighted by molar-refractivity contribution is 0.0999. The zero-order valence-electron chi connectivity index (χ0n) is 14.1. The summed E-state index contributed by atoms with van der Waals surface area (Å²) < 4.78 is 1.70. The molecule has 4 aromatic rings. The van der Waals surface area contributed by atoms with E-state index in [9.17, 15) is 4.79 Å². The zero-order valence-corrected chi connectivity index (χ0v) is 14.9. The quantitative estimate of drug-likeness (QED) is 0.534. The summed E-state index contributed by atoms with van der Waals surface area (Å²) in [6.07, 6.45) is 3.33. The fourth-order valence-corrected chi connectivity index (χ4v) is 3.44. The zero-order chi connectivity index (χ0) is 17.9. The Kier molecular flexibility index (Phi) is 4.33. The van der Waals surface area contributed by atoms with Crippen LogP contribution in [0.5, 0.6) is 0 Å². The number of benzene rings is 2. The highest BCUT2D eigenvalue weighted by Crippen LogP contribution is 2.30. The van der Waals surface area contributed by atoms with E-state index < -0.39 is 0 Å². The van der Waals surface area contributed by atoms with Crippen molar-refractivity contribution >= 4 is 28.1 Å². The summed E-state index contributed by atoms with van der Waals surface area (Å²) in [5.41, 5.74) is 3.08. The van der Waals surface area contributed by atoms with Crippen LogP contribution < -0.4 is 4.90 Å². The van der Waals surface area contributed by atoms with E-state index in [1.54, 1.807) is 22.0 Å². The van der Waals surface area contributed by atoms with Gasteiger partial charge in [-0.25, -0.2) is 9.67 Å². The minimum atomic E-state index is -0.160. The number of carbonyl (C=O) groups is 1.